The standard InChI is InChI=1S/C15H18FN5O/c1-21(2)10-9-17-15(22)13-7-8-14(20-19-13)18-12-6-4-3-5-11(12)16/h3-8H,9-10H2,1-2H3,(H,17,22)(H,18,20). The van der Waals surface area contributed by atoms with Crippen molar-refractivity contribution < 1.29 is 9.18 Å². The van der Waals surface area contributed by atoms with E-state index in [1.165, 1.54) is 6.07 Å². The molecule has 0 aliphatic heterocycles. The highest BCUT2D eigenvalue weighted by Gasteiger charge is 2.08. The van der Waals surface area contributed by atoms with E-state index in [-0.39, 0.29) is 17.4 Å². The number of nitrogens with one attached hydrogen (secondary N) is 2. The fraction of sp³-hybridized carbons (Fsp3) is 0.267. The van der Waals surface area contributed by atoms with Gasteiger partial charge in [0.05, 0.1) is 5.69 Å². The largest absolute Gasteiger partial charge is 0.349 e. The van der Waals surface area contributed by atoms with E-state index in [9.17, 15) is 9.18 Å². The van der Waals surface area contributed by atoms with Crippen LogP contribution < -0.4 is 10.6 Å². The summed E-state index contributed by atoms with van der Waals surface area (Å²) in [6, 6.07) is 9.39. The highest BCUT2D eigenvalue weighted by molar-refractivity contribution is 5.92. The summed E-state index contributed by atoms with van der Waals surface area (Å²) in [5.74, 6) is -0.295. The molecule has 1 heterocycles. The number of halogens is 1. The van der Waals surface area contributed by atoms with Crippen LogP contribution in [-0.4, -0.2) is 48.2 Å². The van der Waals surface area contributed by atoms with Crippen molar-refractivity contribution in [2.45, 2.75) is 0 Å². The number of carbonyl (C=O) groups is 1. The molecule has 0 spiro atoms. The highest BCUT2D eigenvalue weighted by Crippen LogP contribution is 2.17. The Kier molecular flexibility index (Phi) is 5.37. The molecule has 0 aliphatic rings. The molecule has 116 valence electrons. The summed E-state index contributed by atoms with van der Waals surface area (Å²) in [6.45, 7) is 1.27. The number of amides is 1. The van der Waals surface area contributed by atoms with Crippen LogP contribution in [0.15, 0.2) is 36.4 Å². The van der Waals surface area contributed by atoms with E-state index < -0.39 is 0 Å². The average Bonchev–Trinajstić information content (AvgIpc) is 2.50. The van der Waals surface area contributed by atoms with Crippen molar-refractivity contribution in [3.63, 3.8) is 0 Å². The second-order valence-corrected chi connectivity index (χ2v) is 4.97. The maximum atomic E-state index is 13.5. The predicted octanol–water partition coefficient (Wildman–Crippen LogP) is 1.65. The number of likely N-dealkylation sites (N-methyl/N-ethyl adjacent to an activating group) is 1. The van der Waals surface area contributed by atoms with Crippen molar-refractivity contribution in [2.75, 3.05) is 32.5 Å². The van der Waals surface area contributed by atoms with Gasteiger partial charge in [0.2, 0.25) is 0 Å². The molecular formula is C15H18FN5O. The lowest BCUT2D eigenvalue weighted by Crippen LogP contribution is -2.31. The van der Waals surface area contributed by atoms with Gasteiger partial charge in [-0.3, -0.25) is 4.79 Å². The topological polar surface area (TPSA) is 70.2 Å². The molecular weight excluding hydrogens is 285 g/mol. The summed E-state index contributed by atoms with van der Waals surface area (Å²) in [4.78, 5) is 13.8. The number of rotatable bonds is 6. The van der Waals surface area contributed by atoms with Gasteiger partial charge in [0, 0.05) is 13.1 Å². The molecule has 0 aliphatic carbocycles. The second-order valence-electron chi connectivity index (χ2n) is 4.97. The van der Waals surface area contributed by atoms with E-state index in [0.717, 1.165) is 6.54 Å². The minimum Gasteiger partial charge on any atom is -0.349 e. The predicted molar refractivity (Wildman–Crippen MR) is 82.6 cm³/mol. The number of para-hydroxylation sites is 1. The summed E-state index contributed by atoms with van der Waals surface area (Å²) in [5, 5.41) is 13.3. The van der Waals surface area contributed by atoms with E-state index in [4.69, 9.17) is 0 Å². The first-order valence-electron chi connectivity index (χ1n) is 6.84. The van der Waals surface area contributed by atoms with Gasteiger partial charge < -0.3 is 15.5 Å². The lowest BCUT2D eigenvalue weighted by atomic mass is 10.3. The number of nitrogens with zero attached hydrogens (tertiary/aromatic N) is 3. The van der Waals surface area contributed by atoms with Gasteiger partial charge >= 0.3 is 0 Å². The smallest absolute Gasteiger partial charge is 0.271 e. The van der Waals surface area contributed by atoms with Gasteiger partial charge in [-0.15, -0.1) is 10.2 Å². The third-order valence-corrected chi connectivity index (χ3v) is 2.88. The van der Waals surface area contributed by atoms with E-state index in [1.807, 2.05) is 19.0 Å². The van der Waals surface area contributed by atoms with Gasteiger partial charge in [0.25, 0.3) is 5.91 Å². The van der Waals surface area contributed by atoms with Crippen LogP contribution in [0.5, 0.6) is 0 Å². The minimum absolute atomic E-state index is 0.220. The second kappa shape index (κ2) is 7.46. The molecule has 1 aromatic carbocycles. The fourth-order valence-electron chi connectivity index (χ4n) is 1.70. The van der Waals surface area contributed by atoms with Crippen LogP contribution >= 0.6 is 0 Å². The van der Waals surface area contributed by atoms with Gasteiger partial charge in [-0.25, -0.2) is 4.39 Å². The average molecular weight is 303 g/mol. The molecule has 7 heteroatoms. The maximum absolute atomic E-state index is 13.5. The first-order valence-corrected chi connectivity index (χ1v) is 6.84. The van der Waals surface area contributed by atoms with Crippen molar-refractivity contribution in [1.29, 1.82) is 0 Å². The summed E-state index contributed by atoms with van der Waals surface area (Å²) in [5.41, 5.74) is 0.526. The molecule has 2 rings (SSSR count). The minimum atomic E-state index is -0.380. The van der Waals surface area contributed by atoms with E-state index >= 15 is 0 Å². The Bertz CT molecular complexity index is 630. The molecule has 22 heavy (non-hydrogen) atoms. The first kappa shape index (κ1) is 15.8. The van der Waals surface area contributed by atoms with Crippen molar-refractivity contribution in [3.8, 4) is 0 Å². The van der Waals surface area contributed by atoms with E-state index in [0.29, 0.717) is 18.1 Å². The van der Waals surface area contributed by atoms with Crippen LogP contribution in [0.1, 0.15) is 10.5 Å². The van der Waals surface area contributed by atoms with Crippen molar-refractivity contribution in [3.05, 3.63) is 47.9 Å². The van der Waals surface area contributed by atoms with Crippen LogP contribution in [0, 0.1) is 5.82 Å². The molecule has 0 bridgehead atoms. The number of aromatic nitrogens is 2. The molecule has 6 nitrogen and oxygen atoms in total. The zero-order valence-electron chi connectivity index (χ0n) is 12.5. The van der Waals surface area contributed by atoms with Crippen LogP contribution in [0.3, 0.4) is 0 Å². The van der Waals surface area contributed by atoms with Gasteiger partial charge in [-0.1, -0.05) is 12.1 Å². The number of benzene rings is 1. The summed E-state index contributed by atoms with van der Waals surface area (Å²) in [7, 11) is 3.85. The van der Waals surface area contributed by atoms with Gasteiger partial charge in [0.1, 0.15) is 5.82 Å². The monoisotopic (exact) mass is 303 g/mol. The van der Waals surface area contributed by atoms with E-state index in [1.54, 1.807) is 30.3 Å². The maximum Gasteiger partial charge on any atom is 0.271 e. The molecule has 0 saturated carbocycles. The third kappa shape index (κ3) is 4.49. The summed E-state index contributed by atoms with van der Waals surface area (Å²) in [6.07, 6.45) is 0. The SMILES string of the molecule is CN(C)CCNC(=O)c1ccc(Nc2ccccc2F)nn1. The molecule has 2 aromatic rings. The summed E-state index contributed by atoms with van der Waals surface area (Å²) < 4.78 is 13.5. The molecule has 0 unspecified atom stereocenters. The Hall–Kier alpha value is -2.54. The molecule has 0 saturated heterocycles. The Morgan fingerprint density at radius 1 is 1.18 bits per heavy atom. The first-order chi connectivity index (χ1) is 10.6. The van der Waals surface area contributed by atoms with Gasteiger partial charge in [0.15, 0.2) is 11.5 Å². The number of hydrogen-bond donors (Lipinski definition) is 2. The molecule has 1 aromatic heterocycles. The summed E-state index contributed by atoms with van der Waals surface area (Å²) >= 11 is 0. The Morgan fingerprint density at radius 3 is 2.59 bits per heavy atom. The highest BCUT2D eigenvalue weighted by atomic mass is 19.1. The molecule has 0 radical (unpaired) electrons. The number of hydrogen-bond acceptors (Lipinski definition) is 5. The third-order valence-electron chi connectivity index (χ3n) is 2.88. The number of anilines is 2. The Morgan fingerprint density at radius 2 is 1.95 bits per heavy atom. The van der Waals surface area contributed by atoms with Crippen molar-refractivity contribution in [1.82, 2.24) is 20.4 Å². The van der Waals surface area contributed by atoms with E-state index in [2.05, 4.69) is 20.8 Å². The van der Waals surface area contributed by atoms with Crippen LogP contribution in [-0.2, 0) is 0 Å². The zero-order chi connectivity index (χ0) is 15.9. The fourth-order valence-corrected chi connectivity index (χ4v) is 1.70. The molecule has 2 N–H and O–H groups in total. The van der Waals surface area contributed by atoms with Crippen LogP contribution in [0.25, 0.3) is 0 Å². The lowest BCUT2D eigenvalue weighted by molar-refractivity contribution is 0.0945. The number of carbonyl (C=O) groups excluding carboxylic acids is 1. The van der Waals surface area contributed by atoms with Crippen LogP contribution in [0.4, 0.5) is 15.9 Å². The molecule has 0 fully saturated rings. The van der Waals surface area contributed by atoms with Gasteiger partial charge in [-0.05, 0) is 38.4 Å². The van der Waals surface area contributed by atoms with Crippen molar-refractivity contribution >= 4 is 17.4 Å². The Labute approximate surface area is 128 Å². The molecule has 0 atom stereocenters. The normalized spacial score (nSPS) is 10.5. The quantitative estimate of drug-likeness (QED) is 0.849. The van der Waals surface area contributed by atoms with Crippen LogP contribution in [0.2, 0.25) is 0 Å². The lowest BCUT2D eigenvalue weighted by Gasteiger charge is -2.10. The molecule has 1 amide bonds. The van der Waals surface area contributed by atoms with Gasteiger partial charge in [-0.2, -0.15) is 0 Å². The van der Waals surface area contributed by atoms with Crippen molar-refractivity contribution in [2.24, 2.45) is 0 Å². The zero-order valence-corrected chi connectivity index (χ0v) is 12.5. The Balaban J connectivity index is 1.95.